The number of amides is 1. The summed E-state index contributed by atoms with van der Waals surface area (Å²) in [6, 6.07) is 23.4. The van der Waals surface area contributed by atoms with Gasteiger partial charge in [0, 0.05) is 17.2 Å². The van der Waals surface area contributed by atoms with Crippen molar-refractivity contribution in [3.05, 3.63) is 119 Å². The van der Waals surface area contributed by atoms with E-state index >= 15 is 0 Å². The molecule has 0 aliphatic heterocycles. The summed E-state index contributed by atoms with van der Waals surface area (Å²) >= 11 is 0. The number of aliphatic carboxylic acids is 2. The van der Waals surface area contributed by atoms with Gasteiger partial charge in [0.1, 0.15) is 30.3 Å². The van der Waals surface area contributed by atoms with Gasteiger partial charge in [-0.3, -0.25) is 15.0 Å². The number of amidine groups is 1. The van der Waals surface area contributed by atoms with Gasteiger partial charge in [0.25, 0.3) is 0 Å². The lowest BCUT2D eigenvalue weighted by molar-refractivity contribution is -0.144. The van der Waals surface area contributed by atoms with E-state index in [0.717, 1.165) is 5.56 Å². The number of ether oxygens (including phenoxy) is 2. The molecule has 12 heteroatoms. The Bertz CT molecular complexity index is 1680. The van der Waals surface area contributed by atoms with Crippen molar-refractivity contribution in [1.29, 1.82) is 5.41 Å². The third-order valence-corrected chi connectivity index (χ3v) is 7.21. The highest BCUT2D eigenvalue weighted by Crippen LogP contribution is 2.33. The number of phenols is 1. The highest BCUT2D eigenvalue weighted by atomic mass is 16.5. The number of nitrogen functional groups attached to an aromatic ring is 1. The molecule has 0 radical (unpaired) electrons. The van der Waals surface area contributed by atoms with Crippen molar-refractivity contribution in [2.24, 2.45) is 5.73 Å². The number of methoxy groups -OCH3 is 1. The number of carboxylic acids is 2. The number of anilines is 1. The fourth-order valence-corrected chi connectivity index (χ4v) is 4.84. The summed E-state index contributed by atoms with van der Waals surface area (Å²) in [5, 5.41) is 42.7. The SMILES string of the molecule is COc1cc([C@H](Nc2ccc(C(=N)N)cc2)C(=O)N[C@H](C(=O)O)C(CC(=O)O)c2ccc(O)cc2)ccc1OCc1ccccc1. The summed E-state index contributed by atoms with van der Waals surface area (Å²) in [6.45, 7) is 0.268. The highest BCUT2D eigenvalue weighted by molar-refractivity contribution is 5.95. The number of carboxylic acid groups (broad SMARTS) is 2. The number of benzene rings is 4. The smallest absolute Gasteiger partial charge is 0.326 e. The van der Waals surface area contributed by atoms with Gasteiger partial charge in [0.15, 0.2) is 11.5 Å². The van der Waals surface area contributed by atoms with Gasteiger partial charge in [0.05, 0.1) is 13.5 Å². The number of hydrogen-bond acceptors (Lipinski definition) is 8. The van der Waals surface area contributed by atoms with Crippen LogP contribution in [0.25, 0.3) is 0 Å². The molecule has 0 heterocycles. The number of nitrogens with one attached hydrogen (secondary N) is 3. The molecule has 0 aromatic heterocycles. The molecule has 46 heavy (non-hydrogen) atoms. The molecule has 1 unspecified atom stereocenters. The molecule has 1 amide bonds. The van der Waals surface area contributed by atoms with Crippen molar-refractivity contribution in [3.8, 4) is 17.2 Å². The quantitative estimate of drug-likeness (QED) is 0.0738. The lowest BCUT2D eigenvalue weighted by Gasteiger charge is -2.27. The van der Waals surface area contributed by atoms with E-state index in [1.165, 1.54) is 31.4 Å². The van der Waals surface area contributed by atoms with E-state index in [1.807, 2.05) is 30.3 Å². The maximum absolute atomic E-state index is 14.0. The third kappa shape index (κ3) is 8.53. The summed E-state index contributed by atoms with van der Waals surface area (Å²) in [5.74, 6) is -4.14. The van der Waals surface area contributed by atoms with E-state index in [4.69, 9.17) is 20.6 Å². The van der Waals surface area contributed by atoms with Crippen molar-refractivity contribution in [3.63, 3.8) is 0 Å². The Labute approximate surface area is 264 Å². The molecule has 0 spiro atoms. The first-order valence-electron chi connectivity index (χ1n) is 14.1. The van der Waals surface area contributed by atoms with Crippen molar-refractivity contribution in [1.82, 2.24) is 5.32 Å². The van der Waals surface area contributed by atoms with Crippen LogP contribution < -0.4 is 25.8 Å². The Morgan fingerprint density at radius 3 is 2.11 bits per heavy atom. The molecular formula is C34H34N4O8. The van der Waals surface area contributed by atoms with Crippen molar-refractivity contribution < 1.29 is 39.2 Å². The third-order valence-electron chi connectivity index (χ3n) is 7.21. The maximum atomic E-state index is 14.0. The molecule has 0 bridgehead atoms. The van der Waals surface area contributed by atoms with Crippen LogP contribution in [0.5, 0.6) is 17.2 Å². The predicted molar refractivity (Wildman–Crippen MR) is 170 cm³/mol. The van der Waals surface area contributed by atoms with Crippen LogP contribution in [0.4, 0.5) is 5.69 Å². The highest BCUT2D eigenvalue weighted by Gasteiger charge is 2.35. The summed E-state index contributed by atoms with van der Waals surface area (Å²) in [5.41, 5.74) is 8.13. The predicted octanol–water partition coefficient (Wildman–Crippen LogP) is 4.24. The Morgan fingerprint density at radius 1 is 0.870 bits per heavy atom. The van der Waals surface area contributed by atoms with Gasteiger partial charge in [-0.25, -0.2) is 4.79 Å². The van der Waals surface area contributed by atoms with Gasteiger partial charge in [-0.15, -0.1) is 0 Å². The number of nitrogens with two attached hydrogens (primary N) is 1. The van der Waals surface area contributed by atoms with Gasteiger partial charge < -0.3 is 41.2 Å². The van der Waals surface area contributed by atoms with Gasteiger partial charge in [-0.2, -0.15) is 0 Å². The summed E-state index contributed by atoms with van der Waals surface area (Å²) in [4.78, 5) is 38.2. The standard InChI is InChI=1S/C34H34N4O8/c1-45-28-17-23(11-16-27(28)46-19-20-5-3-2-4-6-20)30(37-24-12-7-22(8-13-24)32(35)36)33(42)38-31(34(43)44)26(18-29(40)41)21-9-14-25(39)15-10-21/h2-17,26,30-31,37,39H,18-19H2,1H3,(H3,35,36)(H,38,42)(H,40,41)(H,43,44)/t26?,30-,31-/m0/s1. The summed E-state index contributed by atoms with van der Waals surface area (Å²) < 4.78 is 11.5. The second kappa shape index (κ2) is 15.1. The largest absolute Gasteiger partial charge is 0.508 e. The first-order chi connectivity index (χ1) is 22.0. The molecule has 4 aromatic rings. The minimum atomic E-state index is -1.65. The van der Waals surface area contributed by atoms with Crippen LogP contribution in [0.2, 0.25) is 0 Å². The lowest BCUT2D eigenvalue weighted by Crippen LogP contribution is -2.48. The normalized spacial score (nSPS) is 12.6. The zero-order chi connectivity index (χ0) is 33.2. The van der Waals surface area contributed by atoms with Crippen molar-refractivity contribution in [2.75, 3.05) is 12.4 Å². The zero-order valence-corrected chi connectivity index (χ0v) is 24.8. The van der Waals surface area contributed by atoms with Crippen LogP contribution in [-0.4, -0.2) is 52.2 Å². The van der Waals surface area contributed by atoms with Crippen molar-refractivity contribution >= 4 is 29.4 Å². The Kier molecular flexibility index (Phi) is 10.8. The first-order valence-corrected chi connectivity index (χ1v) is 14.1. The average Bonchev–Trinajstić information content (AvgIpc) is 3.05. The molecule has 0 saturated carbocycles. The summed E-state index contributed by atoms with van der Waals surface area (Å²) in [7, 11) is 1.45. The number of aromatic hydroxyl groups is 1. The van der Waals surface area contributed by atoms with Crippen LogP contribution in [0.3, 0.4) is 0 Å². The number of phenolic OH excluding ortho intramolecular Hbond substituents is 1. The second-order valence-electron chi connectivity index (χ2n) is 10.4. The molecular weight excluding hydrogens is 592 g/mol. The van der Waals surface area contributed by atoms with Crippen LogP contribution in [0.1, 0.15) is 40.6 Å². The molecule has 0 saturated heterocycles. The van der Waals surface area contributed by atoms with Gasteiger partial charge in [-0.05, 0) is 65.2 Å². The van der Waals surface area contributed by atoms with E-state index in [-0.39, 0.29) is 18.2 Å². The Hall–Kier alpha value is -6.04. The van der Waals surface area contributed by atoms with Gasteiger partial charge >= 0.3 is 11.9 Å². The van der Waals surface area contributed by atoms with E-state index in [9.17, 15) is 29.7 Å². The zero-order valence-electron chi connectivity index (χ0n) is 24.8. The molecule has 3 atom stereocenters. The fourth-order valence-electron chi connectivity index (χ4n) is 4.84. The molecule has 0 aliphatic carbocycles. The molecule has 238 valence electrons. The molecule has 0 aliphatic rings. The van der Waals surface area contributed by atoms with E-state index in [1.54, 1.807) is 42.5 Å². The Balaban J connectivity index is 1.68. The lowest BCUT2D eigenvalue weighted by atomic mass is 9.88. The average molecular weight is 627 g/mol. The minimum Gasteiger partial charge on any atom is -0.508 e. The van der Waals surface area contributed by atoms with Gasteiger partial charge in [-0.1, -0.05) is 48.5 Å². The fraction of sp³-hybridized carbons (Fsp3) is 0.176. The van der Waals surface area contributed by atoms with E-state index in [2.05, 4.69) is 10.6 Å². The van der Waals surface area contributed by atoms with Crippen molar-refractivity contribution in [2.45, 2.75) is 31.0 Å². The molecule has 4 rings (SSSR count). The molecule has 0 fully saturated rings. The molecule has 4 aromatic carbocycles. The van der Waals surface area contributed by atoms with Crippen LogP contribution >= 0.6 is 0 Å². The van der Waals surface area contributed by atoms with Crippen LogP contribution in [0, 0.1) is 5.41 Å². The number of rotatable bonds is 15. The molecule has 12 nitrogen and oxygen atoms in total. The van der Waals surface area contributed by atoms with Crippen LogP contribution in [0.15, 0.2) is 97.1 Å². The summed E-state index contributed by atoms with van der Waals surface area (Å²) in [6.07, 6.45) is -0.603. The second-order valence-corrected chi connectivity index (χ2v) is 10.4. The monoisotopic (exact) mass is 626 g/mol. The topological polar surface area (TPSA) is 204 Å². The molecule has 8 N–H and O–H groups in total. The minimum absolute atomic E-state index is 0.0843. The maximum Gasteiger partial charge on any atom is 0.326 e. The number of hydrogen-bond donors (Lipinski definition) is 7. The Morgan fingerprint density at radius 2 is 1.52 bits per heavy atom. The van der Waals surface area contributed by atoms with Gasteiger partial charge in [0.2, 0.25) is 5.91 Å². The van der Waals surface area contributed by atoms with E-state index in [0.29, 0.717) is 33.9 Å². The number of carbonyl (C=O) groups is 3. The van der Waals surface area contributed by atoms with E-state index < -0.39 is 42.3 Å². The van der Waals surface area contributed by atoms with Crippen LogP contribution in [-0.2, 0) is 21.0 Å². The first kappa shape index (κ1) is 32.9. The number of carbonyl (C=O) groups excluding carboxylic acids is 1.